The molecule has 5 heteroatoms. The highest BCUT2D eigenvalue weighted by atomic mass is 79.9. The van der Waals surface area contributed by atoms with E-state index in [1.54, 1.807) is 6.07 Å². The van der Waals surface area contributed by atoms with Gasteiger partial charge in [-0.3, -0.25) is 0 Å². The minimum Gasteiger partial charge on any atom is -0.503 e. The van der Waals surface area contributed by atoms with Gasteiger partial charge in [-0.05, 0) is 58.2 Å². The molecule has 106 valence electrons. The molecule has 2 rings (SSSR count). The van der Waals surface area contributed by atoms with Crippen LogP contribution < -0.4 is 10.1 Å². The number of rotatable bonds is 4. The largest absolute Gasteiger partial charge is 0.503 e. The normalized spacial score (nSPS) is 10.4. The minimum absolute atomic E-state index is 0.101. The SMILES string of the molecule is COc1cc(CNc2ccc(C)cc2Cl)cc(Br)c1O. The van der Waals surface area contributed by atoms with E-state index in [0.29, 0.717) is 21.8 Å². The molecule has 2 aromatic carbocycles. The lowest BCUT2D eigenvalue weighted by atomic mass is 10.2. The highest BCUT2D eigenvalue weighted by Gasteiger charge is 2.09. The van der Waals surface area contributed by atoms with Crippen LogP contribution in [0.1, 0.15) is 11.1 Å². The molecule has 3 nitrogen and oxygen atoms in total. The average molecular weight is 357 g/mol. The second-order valence-electron chi connectivity index (χ2n) is 4.47. The van der Waals surface area contributed by atoms with E-state index in [0.717, 1.165) is 16.8 Å². The monoisotopic (exact) mass is 355 g/mol. The quantitative estimate of drug-likeness (QED) is 0.831. The second-order valence-corrected chi connectivity index (χ2v) is 5.73. The maximum absolute atomic E-state index is 9.77. The van der Waals surface area contributed by atoms with E-state index in [4.69, 9.17) is 16.3 Å². The highest BCUT2D eigenvalue weighted by molar-refractivity contribution is 9.10. The van der Waals surface area contributed by atoms with Crippen LogP contribution >= 0.6 is 27.5 Å². The Morgan fingerprint density at radius 1 is 1.30 bits per heavy atom. The number of nitrogens with one attached hydrogen (secondary N) is 1. The lowest BCUT2D eigenvalue weighted by Gasteiger charge is -2.12. The number of aryl methyl sites for hydroxylation is 1. The van der Waals surface area contributed by atoms with E-state index in [1.807, 2.05) is 31.2 Å². The molecule has 0 aliphatic rings. The van der Waals surface area contributed by atoms with Crippen LogP contribution in [0.15, 0.2) is 34.8 Å². The third-order valence-corrected chi connectivity index (χ3v) is 3.83. The Kier molecular flexibility index (Phi) is 4.78. The first-order valence-electron chi connectivity index (χ1n) is 6.06. The number of ether oxygens (including phenoxy) is 1. The number of hydrogen-bond donors (Lipinski definition) is 2. The van der Waals surface area contributed by atoms with Crippen LogP contribution in [0.25, 0.3) is 0 Å². The van der Waals surface area contributed by atoms with Gasteiger partial charge >= 0.3 is 0 Å². The molecule has 20 heavy (non-hydrogen) atoms. The van der Waals surface area contributed by atoms with Crippen LogP contribution in [0.4, 0.5) is 5.69 Å². The minimum atomic E-state index is 0.101. The molecule has 0 radical (unpaired) electrons. The molecule has 2 aromatic rings. The van der Waals surface area contributed by atoms with Crippen molar-refractivity contribution in [3.05, 3.63) is 51.0 Å². The molecule has 0 saturated carbocycles. The van der Waals surface area contributed by atoms with Gasteiger partial charge in [0.25, 0.3) is 0 Å². The van der Waals surface area contributed by atoms with Crippen molar-refractivity contribution in [2.75, 3.05) is 12.4 Å². The number of halogens is 2. The first kappa shape index (κ1) is 15.0. The van der Waals surface area contributed by atoms with E-state index in [9.17, 15) is 5.11 Å². The van der Waals surface area contributed by atoms with Crippen molar-refractivity contribution < 1.29 is 9.84 Å². The summed E-state index contributed by atoms with van der Waals surface area (Å²) in [6.45, 7) is 2.58. The molecule has 0 heterocycles. The molecule has 0 aromatic heterocycles. The third kappa shape index (κ3) is 3.38. The van der Waals surface area contributed by atoms with Crippen LogP contribution in [0, 0.1) is 6.92 Å². The Bertz CT molecular complexity index is 632. The van der Waals surface area contributed by atoms with Crippen LogP contribution in [0.2, 0.25) is 5.02 Å². The molecule has 0 aliphatic carbocycles. The maximum atomic E-state index is 9.77. The van der Waals surface area contributed by atoms with Crippen molar-refractivity contribution in [3.63, 3.8) is 0 Å². The lowest BCUT2D eigenvalue weighted by molar-refractivity contribution is 0.371. The molecule has 0 spiro atoms. The molecule has 2 N–H and O–H groups in total. The maximum Gasteiger partial charge on any atom is 0.172 e. The summed E-state index contributed by atoms with van der Waals surface area (Å²) >= 11 is 9.48. The van der Waals surface area contributed by atoms with Crippen molar-refractivity contribution in [2.24, 2.45) is 0 Å². The van der Waals surface area contributed by atoms with Gasteiger partial charge in [-0.2, -0.15) is 0 Å². The summed E-state index contributed by atoms with van der Waals surface area (Å²) in [5, 5.41) is 13.7. The average Bonchev–Trinajstić information content (AvgIpc) is 2.41. The van der Waals surface area contributed by atoms with Crippen LogP contribution in [-0.2, 0) is 6.54 Å². The fraction of sp³-hybridized carbons (Fsp3) is 0.200. The zero-order valence-corrected chi connectivity index (χ0v) is 13.5. The predicted molar refractivity (Wildman–Crippen MR) is 85.9 cm³/mol. The smallest absolute Gasteiger partial charge is 0.172 e. The number of anilines is 1. The van der Waals surface area contributed by atoms with E-state index in [-0.39, 0.29) is 5.75 Å². The first-order chi connectivity index (χ1) is 9.51. The molecule has 0 bridgehead atoms. The van der Waals surface area contributed by atoms with E-state index >= 15 is 0 Å². The molecule has 0 atom stereocenters. The Balaban J connectivity index is 2.16. The Labute approximate surface area is 131 Å². The topological polar surface area (TPSA) is 41.5 Å². The standard InChI is InChI=1S/C15H15BrClNO2/c1-9-3-4-13(12(17)5-9)18-8-10-6-11(16)15(19)14(7-10)20-2/h3-7,18-19H,8H2,1-2H3. The van der Waals surface area contributed by atoms with Gasteiger partial charge in [-0.1, -0.05) is 17.7 Å². The van der Waals surface area contributed by atoms with Crippen molar-refractivity contribution in [1.29, 1.82) is 0 Å². The van der Waals surface area contributed by atoms with Crippen molar-refractivity contribution in [3.8, 4) is 11.5 Å². The van der Waals surface area contributed by atoms with E-state index < -0.39 is 0 Å². The summed E-state index contributed by atoms with van der Waals surface area (Å²) < 4.78 is 5.72. The summed E-state index contributed by atoms with van der Waals surface area (Å²) in [6, 6.07) is 9.49. The lowest BCUT2D eigenvalue weighted by Crippen LogP contribution is -2.01. The zero-order chi connectivity index (χ0) is 14.7. The van der Waals surface area contributed by atoms with Crippen molar-refractivity contribution in [2.45, 2.75) is 13.5 Å². The summed E-state index contributed by atoms with van der Waals surface area (Å²) in [6.07, 6.45) is 0. The molecule has 0 fully saturated rings. The van der Waals surface area contributed by atoms with E-state index in [1.165, 1.54) is 7.11 Å². The molecular formula is C15H15BrClNO2. The van der Waals surface area contributed by atoms with Crippen molar-refractivity contribution in [1.82, 2.24) is 0 Å². The van der Waals surface area contributed by atoms with Gasteiger partial charge < -0.3 is 15.2 Å². The van der Waals surface area contributed by atoms with Crippen LogP contribution in [0.5, 0.6) is 11.5 Å². The fourth-order valence-electron chi connectivity index (χ4n) is 1.85. The predicted octanol–water partition coefficient (Wildman–Crippen LogP) is 4.74. The van der Waals surface area contributed by atoms with Gasteiger partial charge in [-0.25, -0.2) is 0 Å². The van der Waals surface area contributed by atoms with Gasteiger partial charge in [0.15, 0.2) is 11.5 Å². The van der Waals surface area contributed by atoms with Crippen LogP contribution in [0.3, 0.4) is 0 Å². The van der Waals surface area contributed by atoms with Crippen LogP contribution in [-0.4, -0.2) is 12.2 Å². The number of aromatic hydroxyl groups is 1. The molecule has 0 saturated heterocycles. The van der Waals surface area contributed by atoms with Gasteiger partial charge in [0, 0.05) is 6.54 Å². The Morgan fingerprint density at radius 2 is 2.05 bits per heavy atom. The molecule has 0 aliphatic heterocycles. The number of phenols is 1. The Hall–Kier alpha value is -1.39. The Morgan fingerprint density at radius 3 is 2.70 bits per heavy atom. The number of benzene rings is 2. The third-order valence-electron chi connectivity index (χ3n) is 2.92. The number of methoxy groups -OCH3 is 1. The summed E-state index contributed by atoms with van der Waals surface area (Å²) in [5.74, 6) is 0.538. The highest BCUT2D eigenvalue weighted by Crippen LogP contribution is 2.35. The molecular weight excluding hydrogens is 342 g/mol. The van der Waals surface area contributed by atoms with Crippen molar-refractivity contribution >= 4 is 33.2 Å². The summed E-state index contributed by atoms with van der Waals surface area (Å²) in [5.41, 5.74) is 2.97. The van der Waals surface area contributed by atoms with E-state index in [2.05, 4.69) is 21.2 Å². The second kappa shape index (κ2) is 6.37. The summed E-state index contributed by atoms with van der Waals surface area (Å²) in [7, 11) is 1.52. The number of phenolic OH excluding ortho intramolecular Hbond substituents is 1. The number of hydrogen-bond acceptors (Lipinski definition) is 3. The summed E-state index contributed by atoms with van der Waals surface area (Å²) in [4.78, 5) is 0. The fourth-order valence-corrected chi connectivity index (χ4v) is 2.64. The van der Waals surface area contributed by atoms with Gasteiger partial charge in [0.1, 0.15) is 0 Å². The van der Waals surface area contributed by atoms with Gasteiger partial charge in [0.05, 0.1) is 22.3 Å². The zero-order valence-electron chi connectivity index (χ0n) is 11.2. The molecule has 0 amide bonds. The van der Waals surface area contributed by atoms with Gasteiger partial charge in [0.2, 0.25) is 0 Å². The van der Waals surface area contributed by atoms with Gasteiger partial charge in [-0.15, -0.1) is 0 Å². The first-order valence-corrected chi connectivity index (χ1v) is 7.23. The molecule has 0 unspecified atom stereocenters.